The maximum absolute atomic E-state index is 13.5. The zero-order valence-electron chi connectivity index (χ0n) is 83.1. The Hall–Kier alpha value is -18.2. The molecule has 0 unspecified atom stereocenters. The van der Waals surface area contributed by atoms with Crippen LogP contribution in [0.3, 0.4) is 0 Å². The van der Waals surface area contributed by atoms with Gasteiger partial charge in [-0.15, -0.1) is 0 Å². The summed E-state index contributed by atoms with van der Waals surface area (Å²) in [5.41, 5.74) is 11.0. The molecule has 0 bridgehead atoms. The Morgan fingerprint density at radius 3 is 1.09 bits per heavy atom. The Morgan fingerprint density at radius 2 is 0.689 bits per heavy atom. The number of fused-ring (bicyclic) bond motifs is 9. The van der Waals surface area contributed by atoms with Gasteiger partial charge in [-0.3, -0.25) is 4.98 Å². The minimum absolute atomic E-state index is 0.0891. The molecular weight excluding hydrogens is 1920 g/mol. The van der Waals surface area contributed by atoms with E-state index in [-0.39, 0.29) is 123 Å². The van der Waals surface area contributed by atoms with E-state index in [9.17, 15) is 42.7 Å². The predicted octanol–water partition coefficient (Wildman–Crippen LogP) is 20.3. The smallest absolute Gasteiger partial charge is 0.371 e. The lowest BCUT2D eigenvalue weighted by Crippen LogP contribution is -2.37. The van der Waals surface area contributed by atoms with Gasteiger partial charge in [0.15, 0.2) is 52.2 Å². The average Bonchev–Trinajstić information content (AvgIpc) is 1.46. The number of aromatic carboxylic acids is 6. The van der Waals surface area contributed by atoms with Gasteiger partial charge >= 0.3 is 35.8 Å². The van der Waals surface area contributed by atoms with Crippen molar-refractivity contribution in [2.45, 2.75) is 119 Å². The summed E-state index contributed by atoms with van der Waals surface area (Å²) in [6, 6.07) is 44.3. The maximum atomic E-state index is 13.5. The minimum atomic E-state index is -1.20. The Balaban J connectivity index is 0.000000127. The number of rotatable bonds is 23. The number of furan rings is 7. The highest BCUT2D eigenvalue weighted by molar-refractivity contribution is 5.98. The van der Waals surface area contributed by atoms with Gasteiger partial charge in [-0.1, -0.05) is 50.2 Å². The summed E-state index contributed by atoms with van der Waals surface area (Å²) in [4.78, 5) is 137. The molecule has 0 atom stereocenters. The highest BCUT2D eigenvalue weighted by atomic mass is 19.1. The molecule has 14 aromatic heterocycles. The number of nitrogens with zero attached hydrogens (tertiary/aromatic N) is 19. The topological polar surface area (TPSA) is 530 Å². The molecule has 148 heavy (non-hydrogen) atoms. The van der Waals surface area contributed by atoms with E-state index in [4.69, 9.17) is 75.6 Å². The van der Waals surface area contributed by atoms with Gasteiger partial charge in [0, 0.05) is 155 Å². The van der Waals surface area contributed by atoms with Crippen LogP contribution in [0.25, 0.3) is 146 Å². The van der Waals surface area contributed by atoms with E-state index in [2.05, 4.69) is 96.8 Å². The van der Waals surface area contributed by atoms with Crippen molar-refractivity contribution in [2.24, 2.45) is 0 Å². The average molecular weight is 2020 g/mol. The number of morpholine rings is 1. The van der Waals surface area contributed by atoms with Crippen LogP contribution in [0.15, 0.2) is 201 Å². The molecule has 5 aromatic carbocycles. The molecule has 0 amide bonds. The lowest BCUT2D eigenvalue weighted by molar-refractivity contribution is 0.0655. The summed E-state index contributed by atoms with van der Waals surface area (Å²) in [6.45, 7) is 27.2. The van der Waals surface area contributed by atoms with E-state index in [1.165, 1.54) is 60.7 Å². The van der Waals surface area contributed by atoms with Crippen LogP contribution < -0.4 is 38.9 Å². The van der Waals surface area contributed by atoms with Crippen LogP contribution in [0.2, 0.25) is 0 Å². The van der Waals surface area contributed by atoms with Crippen molar-refractivity contribution in [1.29, 1.82) is 0 Å². The fourth-order valence-electron chi connectivity index (χ4n) is 15.2. The summed E-state index contributed by atoms with van der Waals surface area (Å²) in [7, 11) is 9.44. The van der Waals surface area contributed by atoms with E-state index in [1.807, 2.05) is 184 Å². The minimum Gasteiger partial charge on any atom is -0.475 e. The first kappa shape index (κ1) is 103. The summed E-state index contributed by atoms with van der Waals surface area (Å²) in [5, 5.41) is 57.5. The molecule has 43 heteroatoms. The second kappa shape index (κ2) is 43.2. The molecule has 1 saturated heterocycles. The number of hydrogen-bond acceptors (Lipinski definition) is 35. The van der Waals surface area contributed by atoms with Crippen LogP contribution in [-0.2, 0) is 4.74 Å². The van der Waals surface area contributed by atoms with Crippen LogP contribution in [-0.4, -0.2) is 230 Å². The molecule has 1 fully saturated rings. The third-order valence-electron chi connectivity index (χ3n) is 24.2. The fraction of sp³-hybridized carbons (Fsp3) is 0.267. The molecule has 41 nitrogen and oxygen atoms in total. The third kappa shape index (κ3) is 22.3. The summed E-state index contributed by atoms with van der Waals surface area (Å²) >= 11 is 0. The lowest BCUT2D eigenvalue weighted by Gasteiger charge is -2.29. The Labute approximate surface area is 840 Å². The van der Waals surface area contributed by atoms with E-state index in [0.717, 1.165) is 52.1 Å². The van der Waals surface area contributed by atoms with Crippen molar-refractivity contribution in [2.75, 3.05) is 97.7 Å². The van der Waals surface area contributed by atoms with Crippen LogP contribution in [0.4, 0.5) is 43.7 Å². The first-order chi connectivity index (χ1) is 70.6. The predicted molar refractivity (Wildman–Crippen MR) is 546 cm³/mol. The molecule has 16 heterocycles. The van der Waals surface area contributed by atoms with Crippen LogP contribution in [0.1, 0.15) is 158 Å². The summed E-state index contributed by atoms with van der Waals surface area (Å²) < 4.78 is 80.5. The van der Waals surface area contributed by atoms with E-state index >= 15 is 0 Å². The number of halogens is 2. The first-order valence-electron chi connectivity index (χ1n) is 46.6. The molecule has 2 aliphatic rings. The molecule has 19 aromatic rings. The number of carbonyl (C=O) groups is 6. The molecular formula is C105H101F2N19O22. The molecule has 0 radical (unpaired) electrons. The highest BCUT2D eigenvalue weighted by Gasteiger charge is 2.31. The van der Waals surface area contributed by atoms with Crippen molar-refractivity contribution in [3.8, 4) is 68.0 Å². The Kier molecular flexibility index (Phi) is 29.9. The normalized spacial score (nSPS) is 12.2. The van der Waals surface area contributed by atoms with Crippen LogP contribution >= 0.6 is 0 Å². The zero-order valence-corrected chi connectivity index (χ0v) is 83.1. The number of ether oxygens (including phenoxy) is 3. The number of hydrogen-bond donors (Lipinski definition) is 6. The van der Waals surface area contributed by atoms with Gasteiger partial charge in [-0.2, -0.15) is 29.9 Å². The van der Waals surface area contributed by atoms with Gasteiger partial charge in [0.05, 0.1) is 18.9 Å². The monoisotopic (exact) mass is 2020 g/mol. The van der Waals surface area contributed by atoms with Gasteiger partial charge in [-0.05, 0) is 171 Å². The molecule has 0 aliphatic carbocycles. The second-order valence-corrected chi connectivity index (χ2v) is 36.0. The van der Waals surface area contributed by atoms with E-state index in [0.29, 0.717) is 138 Å². The van der Waals surface area contributed by atoms with Crippen molar-refractivity contribution in [3.05, 3.63) is 222 Å². The highest BCUT2D eigenvalue weighted by Crippen LogP contribution is 2.43. The number of carboxylic acids is 6. The van der Waals surface area contributed by atoms with Crippen LogP contribution in [0, 0.1) is 11.6 Å². The van der Waals surface area contributed by atoms with Gasteiger partial charge < -0.3 is 105 Å². The number of aromatic nitrogens is 13. The van der Waals surface area contributed by atoms with Crippen molar-refractivity contribution in [3.63, 3.8) is 0 Å². The Morgan fingerprint density at radius 1 is 0.331 bits per heavy atom. The lowest BCUT2D eigenvalue weighted by atomic mass is 10.0. The van der Waals surface area contributed by atoms with Crippen LogP contribution in [0.5, 0.6) is 11.5 Å². The number of benzene rings is 5. The summed E-state index contributed by atoms with van der Waals surface area (Å²) in [6.07, 6.45) is 3.38. The fourth-order valence-corrected chi connectivity index (χ4v) is 15.2. The number of pyridine rings is 1. The zero-order chi connectivity index (χ0) is 106. The van der Waals surface area contributed by atoms with Gasteiger partial charge in [0.25, 0.3) is 0 Å². The van der Waals surface area contributed by atoms with E-state index < -0.39 is 35.8 Å². The van der Waals surface area contributed by atoms with Crippen molar-refractivity contribution >= 4 is 160 Å². The van der Waals surface area contributed by atoms with Crippen molar-refractivity contribution < 1.29 is 113 Å². The van der Waals surface area contributed by atoms with Gasteiger partial charge in [0.2, 0.25) is 75.6 Å². The van der Waals surface area contributed by atoms with Gasteiger partial charge in [0.1, 0.15) is 78.8 Å². The first-order valence-corrected chi connectivity index (χ1v) is 46.6. The maximum Gasteiger partial charge on any atom is 0.371 e. The van der Waals surface area contributed by atoms with Crippen molar-refractivity contribution in [1.82, 2.24) is 64.8 Å². The number of anilines is 6. The standard InChI is InChI=1S/C21H19N3O3.C19H16FN3O4.C18H17N3O5.C17H16FN3O3.C16H16N4O3.C14H17N3O4/c1-12(2)24(3)19-18(15-9-8-13-6-4-5-7-14(13)10-15)22-16-11-17(21(25)26)27-20(16)23-19;1-9(2)23(3)17-16(14-7-10-6-11(20)4-5-13(10)26-14)21-12-8-15(19(24)25)27-18(12)22-17;1-9(2)21(3)16-15(10-4-5-12-13(6-10)25-8-24-12)19-11-7-14(18(22)23)26-17(11)20-16;1-9(2)21(3)15-14(10-4-6-11(18)7-5-10)19-12-8-13(17(22)23)24-16(12)20-15;1-9(2)20(3)14-13(10-5-4-6-17-8-10)18-11-7-12(16(21)22)23-15(11)19-14;1-8(2)11-12(17-3-5-20-6-4-17)16-13-9(15-11)7-10(21-13)14(18)19/h4-12H,1-3H3,(H,25,26);4-9H,1-3H3,(H,24,25);4-7,9H,8H2,1-3H3,(H,22,23);4-9H,1-3H3,(H,22,23);4-9H,1-3H3,(H,21,22);7-8H,3-6H2,1-2H3,(H,18,19). The number of carboxylic acid groups (broad SMARTS) is 6. The van der Waals surface area contributed by atoms with Gasteiger partial charge in [-0.25, -0.2) is 67.5 Å². The molecule has 0 saturated carbocycles. The van der Waals surface area contributed by atoms with E-state index in [1.54, 1.807) is 36.7 Å². The molecule has 2 aliphatic heterocycles. The molecule has 21 rings (SSSR count). The second-order valence-electron chi connectivity index (χ2n) is 36.0. The largest absolute Gasteiger partial charge is 0.475 e. The third-order valence-corrected chi connectivity index (χ3v) is 24.2. The molecule has 6 N–H and O–H groups in total. The SMILES string of the molecule is CC(C)N(C)c1nc2oc(C(=O)O)cc2nc1-c1cc2cc(F)ccc2o1.CC(C)N(C)c1nc2oc(C(=O)O)cc2nc1-c1ccc(F)cc1.CC(C)N(C)c1nc2oc(C(=O)O)cc2nc1-c1ccc2c(c1)OCO2.CC(C)N(C)c1nc2oc(C(=O)O)cc2nc1-c1ccc2ccccc2c1.CC(C)N(C)c1nc2oc(C(=O)O)cc2nc1-c1cccnc1.CC(C)c1nc2cc(C(=O)O)oc2nc1N1CCOCC1. The Bertz CT molecular complexity index is 8230. The molecule has 762 valence electrons. The quantitative estimate of drug-likeness (QED) is 0.0346. The summed E-state index contributed by atoms with van der Waals surface area (Å²) in [5.74, 6) is -3.26. The molecule has 0 spiro atoms.